The fourth-order valence-corrected chi connectivity index (χ4v) is 2.74. The molecule has 4 nitrogen and oxygen atoms in total. The number of benzene rings is 1. The molecule has 1 heterocycles. The van der Waals surface area contributed by atoms with Crippen molar-refractivity contribution in [1.82, 2.24) is 10.2 Å². The van der Waals surface area contributed by atoms with Crippen molar-refractivity contribution in [3.8, 4) is 0 Å². The lowest BCUT2D eigenvalue weighted by molar-refractivity contribution is -0.133. The van der Waals surface area contributed by atoms with Crippen LogP contribution in [0.2, 0.25) is 0 Å². The van der Waals surface area contributed by atoms with Gasteiger partial charge in [0.15, 0.2) is 0 Å². The van der Waals surface area contributed by atoms with Crippen LogP contribution in [0.4, 0.5) is 0 Å². The number of nitrogens with zero attached hydrogens (tertiary/aromatic N) is 1. The van der Waals surface area contributed by atoms with Gasteiger partial charge in [0, 0.05) is 19.5 Å². The van der Waals surface area contributed by atoms with Crippen LogP contribution >= 0.6 is 11.8 Å². The van der Waals surface area contributed by atoms with E-state index in [9.17, 15) is 9.59 Å². The number of amides is 2. The van der Waals surface area contributed by atoms with Gasteiger partial charge >= 0.3 is 0 Å². The van der Waals surface area contributed by atoms with Gasteiger partial charge in [-0.1, -0.05) is 30.3 Å². The number of rotatable bonds is 5. The minimum absolute atomic E-state index is 0.00292. The molecule has 108 valence electrons. The molecule has 5 heteroatoms. The number of carbonyl (C=O) groups excluding carboxylic acids is 2. The topological polar surface area (TPSA) is 49.4 Å². The van der Waals surface area contributed by atoms with E-state index in [4.69, 9.17) is 0 Å². The van der Waals surface area contributed by atoms with Crippen LogP contribution in [0.15, 0.2) is 30.3 Å². The van der Waals surface area contributed by atoms with E-state index < -0.39 is 6.04 Å². The second-order valence-corrected chi connectivity index (χ2v) is 5.82. The van der Waals surface area contributed by atoms with Crippen molar-refractivity contribution in [2.45, 2.75) is 18.9 Å². The molecule has 0 bridgehead atoms. The zero-order valence-corrected chi connectivity index (χ0v) is 12.5. The molecule has 0 spiro atoms. The van der Waals surface area contributed by atoms with E-state index in [-0.39, 0.29) is 11.8 Å². The number of hydrogen-bond donors (Lipinski definition) is 1. The molecule has 2 rings (SSSR count). The number of hydrogen-bond acceptors (Lipinski definition) is 3. The van der Waals surface area contributed by atoms with E-state index in [0.717, 1.165) is 24.3 Å². The molecule has 1 aromatic rings. The Morgan fingerprint density at radius 3 is 2.75 bits per heavy atom. The second kappa shape index (κ2) is 7.33. The third-order valence-corrected chi connectivity index (χ3v) is 4.08. The van der Waals surface area contributed by atoms with Crippen LogP contribution in [0.3, 0.4) is 0 Å². The van der Waals surface area contributed by atoms with E-state index in [1.54, 1.807) is 11.8 Å². The third kappa shape index (κ3) is 3.76. The quantitative estimate of drug-likeness (QED) is 0.842. The molecule has 0 saturated carbocycles. The monoisotopic (exact) mass is 292 g/mol. The van der Waals surface area contributed by atoms with Crippen molar-refractivity contribution in [1.29, 1.82) is 0 Å². The Hall–Kier alpha value is -1.49. The van der Waals surface area contributed by atoms with Crippen LogP contribution in [-0.2, 0) is 9.59 Å². The standard InChI is InChI=1S/C15H20N2O2S/c1-20-11-5-9-17-10-8-13(18)16-14(15(17)19)12-6-3-2-4-7-12/h2-4,6-7,14H,5,8-11H2,1H3,(H,16,18). The molecule has 1 aliphatic rings. The van der Waals surface area contributed by atoms with Crippen molar-refractivity contribution < 1.29 is 9.59 Å². The summed E-state index contributed by atoms with van der Waals surface area (Å²) in [7, 11) is 0. The minimum Gasteiger partial charge on any atom is -0.340 e. The molecule has 1 aliphatic heterocycles. The zero-order chi connectivity index (χ0) is 14.4. The Bertz CT molecular complexity index is 464. The van der Waals surface area contributed by atoms with Crippen molar-refractivity contribution in [2.24, 2.45) is 0 Å². The Labute approximate surface area is 123 Å². The first-order chi connectivity index (χ1) is 9.72. The summed E-state index contributed by atoms with van der Waals surface area (Å²) in [6.45, 7) is 1.24. The van der Waals surface area contributed by atoms with Crippen molar-refractivity contribution >= 4 is 23.6 Å². The van der Waals surface area contributed by atoms with E-state index >= 15 is 0 Å². The number of carbonyl (C=O) groups is 2. The maximum absolute atomic E-state index is 12.6. The van der Waals surface area contributed by atoms with Crippen LogP contribution in [-0.4, -0.2) is 41.8 Å². The van der Waals surface area contributed by atoms with Crippen molar-refractivity contribution in [3.63, 3.8) is 0 Å². The minimum atomic E-state index is -0.541. The van der Waals surface area contributed by atoms with Gasteiger partial charge in [0.05, 0.1) is 0 Å². The normalized spacial score (nSPS) is 19.6. The molecule has 0 aliphatic carbocycles. The fraction of sp³-hybridized carbons (Fsp3) is 0.467. The predicted octanol–water partition coefficient (Wildman–Crippen LogP) is 1.83. The smallest absolute Gasteiger partial charge is 0.249 e. The van der Waals surface area contributed by atoms with Gasteiger partial charge in [-0.15, -0.1) is 0 Å². The average molecular weight is 292 g/mol. The lowest BCUT2D eigenvalue weighted by Gasteiger charge is -2.24. The van der Waals surface area contributed by atoms with Crippen LogP contribution in [0.5, 0.6) is 0 Å². The molecule has 1 N–H and O–H groups in total. The SMILES string of the molecule is CSCCCN1CCC(=O)NC(c2ccccc2)C1=O. The molecule has 0 aromatic heterocycles. The molecule has 1 fully saturated rings. The summed E-state index contributed by atoms with van der Waals surface area (Å²) < 4.78 is 0. The molecule has 1 aromatic carbocycles. The molecule has 1 atom stereocenters. The second-order valence-electron chi connectivity index (χ2n) is 4.83. The molecule has 1 unspecified atom stereocenters. The molecule has 0 radical (unpaired) electrons. The highest BCUT2D eigenvalue weighted by Gasteiger charge is 2.30. The van der Waals surface area contributed by atoms with Crippen LogP contribution in [0.25, 0.3) is 0 Å². The summed E-state index contributed by atoms with van der Waals surface area (Å²) in [6, 6.07) is 8.90. The summed E-state index contributed by atoms with van der Waals surface area (Å²) >= 11 is 1.77. The molecule has 2 amide bonds. The third-order valence-electron chi connectivity index (χ3n) is 3.38. The van der Waals surface area contributed by atoms with Gasteiger partial charge in [0.1, 0.15) is 6.04 Å². The molecular weight excluding hydrogens is 272 g/mol. The van der Waals surface area contributed by atoms with E-state index in [2.05, 4.69) is 11.6 Å². The van der Waals surface area contributed by atoms with Gasteiger partial charge in [-0.3, -0.25) is 9.59 Å². The average Bonchev–Trinajstić information content (AvgIpc) is 2.61. The van der Waals surface area contributed by atoms with Gasteiger partial charge in [0.2, 0.25) is 11.8 Å². The Morgan fingerprint density at radius 2 is 2.05 bits per heavy atom. The summed E-state index contributed by atoms with van der Waals surface area (Å²) in [6.07, 6.45) is 3.40. The predicted molar refractivity (Wildman–Crippen MR) is 81.5 cm³/mol. The highest BCUT2D eigenvalue weighted by Crippen LogP contribution is 2.19. The fourth-order valence-electron chi connectivity index (χ4n) is 2.32. The largest absolute Gasteiger partial charge is 0.340 e. The van der Waals surface area contributed by atoms with Crippen LogP contribution in [0.1, 0.15) is 24.4 Å². The van der Waals surface area contributed by atoms with Crippen LogP contribution < -0.4 is 5.32 Å². The van der Waals surface area contributed by atoms with E-state index in [1.165, 1.54) is 0 Å². The maximum Gasteiger partial charge on any atom is 0.249 e. The van der Waals surface area contributed by atoms with Gasteiger partial charge in [-0.25, -0.2) is 0 Å². The highest BCUT2D eigenvalue weighted by molar-refractivity contribution is 7.98. The number of nitrogens with one attached hydrogen (secondary N) is 1. The lowest BCUT2D eigenvalue weighted by Crippen LogP contribution is -2.39. The first-order valence-corrected chi connectivity index (χ1v) is 8.24. The molecule has 1 saturated heterocycles. The van der Waals surface area contributed by atoms with Crippen molar-refractivity contribution in [2.75, 3.05) is 25.1 Å². The van der Waals surface area contributed by atoms with Crippen LogP contribution in [0, 0.1) is 0 Å². The Kier molecular flexibility index (Phi) is 5.47. The van der Waals surface area contributed by atoms with E-state index in [0.29, 0.717) is 13.0 Å². The summed E-state index contributed by atoms with van der Waals surface area (Å²) in [4.78, 5) is 26.2. The Balaban J connectivity index is 2.13. The molecule has 20 heavy (non-hydrogen) atoms. The summed E-state index contributed by atoms with van der Waals surface area (Å²) in [5, 5.41) is 2.83. The summed E-state index contributed by atoms with van der Waals surface area (Å²) in [5.74, 6) is 0.976. The van der Waals surface area contributed by atoms with Gasteiger partial charge < -0.3 is 10.2 Å². The van der Waals surface area contributed by atoms with Gasteiger partial charge in [-0.05, 0) is 24.0 Å². The summed E-state index contributed by atoms with van der Waals surface area (Å²) in [5.41, 5.74) is 0.850. The van der Waals surface area contributed by atoms with Gasteiger partial charge in [-0.2, -0.15) is 11.8 Å². The maximum atomic E-state index is 12.6. The highest BCUT2D eigenvalue weighted by atomic mass is 32.2. The Morgan fingerprint density at radius 1 is 1.30 bits per heavy atom. The zero-order valence-electron chi connectivity index (χ0n) is 11.7. The first-order valence-electron chi connectivity index (χ1n) is 6.84. The van der Waals surface area contributed by atoms with Crippen molar-refractivity contribution in [3.05, 3.63) is 35.9 Å². The first kappa shape index (κ1) is 14.9. The lowest BCUT2D eigenvalue weighted by atomic mass is 10.1. The number of thioether (sulfide) groups is 1. The molecular formula is C15H20N2O2S. The van der Waals surface area contributed by atoms with E-state index in [1.807, 2.05) is 35.2 Å². The van der Waals surface area contributed by atoms with Gasteiger partial charge in [0.25, 0.3) is 0 Å².